The molecule has 1 aliphatic rings. The van der Waals surface area contributed by atoms with Crippen LogP contribution in [0.2, 0.25) is 0 Å². The molecule has 1 saturated carbocycles. The zero-order chi connectivity index (χ0) is 13.8. The standard InChI is InChI=1S/C14H17NO4/c16-11-5-3-9(4-6-11)7-12(14(18)19)15-13(17)8-10-1-2-10/h3-6,10,12,16H,1-2,7-8H2,(H,15,17)(H,18,19). The van der Waals surface area contributed by atoms with Gasteiger partial charge in [-0.3, -0.25) is 4.79 Å². The second-order valence-corrected chi connectivity index (χ2v) is 4.98. The lowest BCUT2D eigenvalue weighted by molar-refractivity contribution is -0.141. The maximum Gasteiger partial charge on any atom is 0.326 e. The number of rotatable bonds is 6. The summed E-state index contributed by atoms with van der Waals surface area (Å²) >= 11 is 0. The van der Waals surface area contributed by atoms with Gasteiger partial charge in [-0.25, -0.2) is 4.79 Å². The average Bonchev–Trinajstić information content (AvgIpc) is 3.14. The minimum atomic E-state index is -1.04. The number of benzene rings is 1. The zero-order valence-electron chi connectivity index (χ0n) is 10.5. The number of carbonyl (C=O) groups excluding carboxylic acids is 1. The first-order valence-corrected chi connectivity index (χ1v) is 6.34. The number of carboxylic acid groups (broad SMARTS) is 1. The summed E-state index contributed by atoms with van der Waals surface area (Å²) in [6.45, 7) is 0. The maximum absolute atomic E-state index is 11.6. The molecule has 1 aliphatic carbocycles. The second kappa shape index (κ2) is 5.73. The van der Waals surface area contributed by atoms with Gasteiger partial charge in [0.15, 0.2) is 0 Å². The molecule has 1 unspecified atom stereocenters. The molecule has 2 rings (SSSR count). The van der Waals surface area contributed by atoms with Crippen molar-refractivity contribution in [1.82, 2.24) is 5.32 Å². The molecule has 0 aromatic heterocycles. The van der Waals surface area contributed by atoms with E-state index in [4.69, 9.17) is 10.2 Å². The van der Waals surface area contributed by atoms with E-state index in [1.165, 1.54) is 12.1 Å². The van der Waals surface area contributed by atoms with Crippen LogP contribution < -0.4 is 5.32 Å². The second-order valence-electron chi connectivity index (χ2n) is 4.98. The van der Waals surface area contributed by atoms with Gasteiger partial charge in [0.05, 0.1) is 0 Å². The van der Waals surface area contributed by atoms with Crippen LogP contribution in [-0.4, -0.2) is 28.1 Å². The summed E-state index contributed by atoms with van der Waals surface area (Å²) in [6.07, 6.45) is 2.75. The van der Waals surface area contributed by atoms with Gasteiger partial charge in [-0.05, 0) is 36.5 Å². The number of phenols is 1. The smallest absolute Gasteiger partial charge is 0.326 e. The first-order chi connectivity index (χ1) is 9.04. The van der Waals surface area contributed by atoms with Gasteiger partial charge in [0, 0.05) is 12.8 Å². The molecule has 1 amide bonds. The Morgan fingerprint density at radius 1 is 1.26 bits per heavy atom. The van der Waals surface area contributed by atoms with Crippen LogP contribution in [0.5, 0.6) is 5.75 Å². The lowest BCUT2D eigenvalue weighted by Gasteiger charge is -2.14. The predicted octanol–water partition coefficient (Wildman–Crippen LogP) is 1.30. The molecule has 1 aromatic rings. The first-order valence-electron chi connectivity index (χ1n) is 6.34. The third kappa shape index (κ3) is 4.28. The zero-order valence-corrected chi connectivity index (χ0v) is 10.5. The fraction of sp³-hybridized carbons (Fsp3) is 0.429. The van der Waals surface area contributed by atoms with Crippen LogP contribution in [0.4, 0.5) is 0 Å². The van der Waals surface area contributed by atoms with Gasteiger partial charge in [-0.1, -0.05) is 12.1 Å². The highest BCUT2D eigenvalue weighted by atomic mass is 16.4. The lowest BCUT2D eigenvalue weighted by atomic mass is 10.1. The maximum atomic E-state index is 11.6. The molecule has 0 heterocycles. The Labute approximate surface area is 111 Å². The third-order valence-electron chi connectivity index (χ3n) is 3.18. The van der Waals surface area contributed by atoms with Gasteiger partial charge < -0.3 is 15.5 Å². The van der Waals surface area contributed by atoms with Crippen molar-refractivity contribution in [1.29, 1.82) is 0 Å². The molecule has 19 heavy (non-hydrogen) atoms. The summed E-state index contributed by atoms with van der Waals surface area (Å²) in [5.74, 6) is -0.678. The van der Waals surface area contributed by atoms with Gasteiger partial charge in [0.25, 0.3) is 0 Å². The average molecular weight is 263 g/mol. The van der Waals surface area contributed by atoms with E-state index >= 15 is 0 Å². The van der Waals surface area contributed by atoms with E-state index in [0.29, 0.717) is 12.3 Å². The first kappa shape index (κ1) is 13.4. The Kier molecular flexibility index (Phi) is 4.04. The summed E-state index contributed by atoms with van der Waals surface area (Å²) in [4.78, 5) is 22.8. The topological polar surface area (TPSA) is 86.6 Å². The summed E-state index contributed by atoms with van der Waals surface area (Å²) in [5, 5.41) is 20.8. The number of phenolic OH excluding ortho intramolecular Hbond substituents is 1. The van der Waals surface area contributed by atoms with E-state index in [-0.39, 0.29) is 18.1 Å². The number of hydrogen-bond acceptors (Lipinski definition) is 3. The number of hydrogen-bond donors (Lipinski definition) is 3. The molecule has 0 saturated heterocycles. The highest BCUT2D eigenvalue weighted by molar-refractivity contribution is 5.84. The Hall–Kier alpha value is -2.04. The molecule has 1 aromatic carbocycles. The van der Waals surface area contributed by atoms with Crippen LogP contribution in [-0.2, 0) is 16.0 Å². The van der Waals surface area contributed by atoms with Crippen molar-refractivity contribution in [2.24, 2.45) is 5.92 Å². The number of nitrogens with one attached hydrogen (secondary N) is 1. The van der Waals surface area contributed by atoms with Crippen LogP contribution >= 0.6 is 0 Å². The molecule has 5 heteroatoms. The van der Waals surface area contributed by atoms with Crippen LogP contribution in [0.3, 0.4) is 0 Å². The Morgan fingerprint density at radius 3 is 2.42 bits per heavy atom. The predicted molar refractivity (Wildman–Crippen MR) is 68.7 cm³/mol. The van der Waals surface area contributed by atoms with E-state index in [9.17, 15) is 9.59 Å². The molecule has 1 fully saturated rings. The van der Waals surface area contributed by atoms with Crippen molar-refractivity contribution in [3.8, 4) is 5.75 Å². The fourth-order valence-corrected chi connectivity index (χ4v) is 1.91. The molecule has 0 aliphatic heterocycles. The van der Waals surface area contributed by atoms with Crippen molar-refractivity contribution in [3.63, 3.8) is 0 Å². The van der Waals surface area contributed by atoms with Gasteiger partial charge in [-0.2, -0.15) is 0 Å². The number of carboxylic acids is 1. The van der Waals surface area contributed by atoms with Crippen molar-refractivity contribution < 1.29 is 19.8 Å². The highest BCUT2D eigenvalue weighted by Gasteiger charge is 2.27. The molecule has 3 N–H and O–H groups in total. The fourth-order valence-electron chi connectivity index (χ4n) is 1.91. The molecule has 1 atom stereocenters. The van der Waals surface area contributed by atoms with E-state index < -0.39 is 12.0 Å². The molecule has 0 bridgehead atoms. The van der Waals surface area contributed by atoms with Gasteiger partial charge in [-0.15, -0.1) is 0 Å². The number of carbonyl (C=O) groups is 2. The van der Waals surface area contributed by atoms with Crippen LogP contribution in [0, 0.1) is 5.92 Å². The van der Waals surface area contributed by atoms with Gasteiger partial charge >= 0.3 is 5.97 Å². The van der Waals surface area contributed by atoms with Crippen LogP contribution in [0.25, 0.3) is 0 Å². The van der Waals surface area contributed by atoms with Crippen LogP contribution in [0.15, 0.2) is 24.3 Å². The minimum absolute atomic E-state index is 0.133. The SMILES string of the molecule is O=C(CC1CC1)NC(Cc1ccc(O)cc1)C(=O)O. The summed E-state index contributed by atoms with van der Waals surface area (Å²) in [6, 6.07) is 5.38. The summed E-state index contributed by atoms with van der Waals surface area (Å²) < 4.78 is 0. The molecular weight excluding hydrogens is 246 g/mol. The number of amides is 1. The van der Waals surface area contributed by atoms with E-state index in [1.807, 2.05) is 0 Å². The molecular formula is C14H17NO4. The molecule has 0 radical (unpaired) electrons. The monoisotopic (exact) mass is 263 g/mol. The van der Waals surface area contributed by atoms with Crippen molar-refractivity contribution in [3.05, 3.63) is 29.8 Å². The lowest BCUT2D eigenvalue weighted by Crippen LogP contribution is -2.42. The summed E-state index contributed by atoms with van der Waals surface area (Å²) in [5.41, 5.74) is 0.761. The molecule has 0 spiro atoms. The van der Waals surface area contributed by atoms with Crippen molar-refractivity contribution in [2.75, 3.05) is 0 Å². The van der Waals surface area contributed by atoms with Gasteiger partial charge in [0.1, 0.15) is 11.8 Å². The highest BCUT2D eigenvalue weighted by Crippen LogP contribution is 2.32. The van der Waals surface area contributed by atoms with Crippen LogP contribution in [0.1, 0.15) is 24.8 Å². The third-order valence-corrected chi connectivity index (χ3v) is 3.18. The van der Waals surface area contributed by atoms with E-state index in [0.717, 1.165) is 18.4 Å². The number of aliphatic carboxylic acids is 1. The van der Waals surface area contributed by atoms with E-state index in [1.54, 1.807) is 12.1 Å². The normalized spacial score (nSPS) is 15.8. The Bertz CT molecular complexity index is 465. The molecule has 5 nitrogen and oxygen atoms in total. The largest absolute Gasteiger partial charge is 0.508 e. The quantitative estimate of drug-likeness (QED) is 0.722. The van der Waals surface area contributed by atoms with Crippen molar-refractivity contribution in [2.45, 2.75) is 31.7 Å². The van der Waals surface area contributed by atoms with Gasteiger partial charge in [0.2, 0.25) is 5.91 Å². The Balaban J connectivity index is 1.93. The Morgan fingerprint density at radius 2 is 1.89 bits per heavy atom. The summed E-state index contributed by atoms with van der Waals surface area (Å²) in [7, 11) is 0. The van der Waals surface area contributed by atoms with E-state index in [2.05, 4.69) is 5.32 Å². The number of aromatic hydroxyl groups is 1. The minimum Gasteiger partial charge on any atom is -0.508 e. The van der Waals surface area contributed by atoms with Crippen molar-refractivity contribution >= 4 is 11.9 Å². The molecule has 102 valence electrons.